The lowest BCUT2D eigenvalue weighted by Crippen LogP contribution is -2.61. The minimum atomic E-state index is -0.785. The SMILES string of the molecule is CC1=[N+]([O-])C(C)(C)[C@H](C)N(O)C1=O. The van der Waals surface area contributed by atoms with E-state index >= 15 is 0 Å². The van der Waals surface area contributed by atoms with Crippen molar-refractivity contribution in [1.82, 2.24) is 5.06 Å². The molecule has 5 nitrogen and oxygen atoms in total. The van der Waals surface area contributed by atoms with Gasteiger partial charge in [0.15, 0.2) is 5.54 Å². The van der Waals surface area contributed by atoms with Crippen molar-refractivity contribution in [2.75, 3.05) is 0 Å². The van der Waals surface area contributed by atoms with Crippen LogP contribution in [0.3, 0.4) is 0 Å². The predicted octanol–water partition coefficient (Wildman–Crippen LogP) is 0.356. The van der Waals surface area contributed by atoms with Crippen molar-refractivity contribution >= 4 is 11.6 Å². The Kier molecular flexibility index (Phi) is 2.07. The predicted molar refractivity (Wildman–Crippen MR) is 46.5 cm³/mol. The molecule has 0 radical (unpaired) electrons. The van der Waals surface area contributed by atoms with E-state index < -0.39 is 17.5 Å². The van der Waals surface area contributed by atoms with Crippen LogP contribution in [0.2, 0.25) is 0 Å². The van der Waals surface area contributed by atoms with Gasteiger partial charge in [0.2, 0.25) is 0 Å². The number of nitrogens with zero attached hydrogens (tertiary/aromatic N) is 2. The summed E-state index contributed by atoms with van der Waals surface area (Å²) in [5, 5.41) is 21.5. The Morgan fingerprint density at radius 3 is 2.54 bits per heavy atom. The zero-order chi connectivity index (χ0) is 10.4. The fraction of sp³-hybridized carbons (Fsp3) is 0.750. The van der Waals surface area contributed by atoms with Crippen LogP contribution in [0.15, 0.2) is 0 Å². The number of amides is 1. The Hall–Kier alpha value is -1.10. The lowest BCUT2D eigenvalue weighted by atomic mass is 9.93. The van der Waals surface area contributed by atoms with Crippen molar-refractivity contribution in [3.05, 3.63) is 5.21 Å². The molecule has 1 aliphatic rings. The summed E-state index contributed by atoms with van der Waals surface area (Å²) in [6.45, 7) is 6.41. The molecular weight excluding hydrogens is 172 g/mol. The molecule has 1 rings (SSSR count). The van der Waals surface area contributed by atoms with Crippen molar-refractivity contribution in [2.45, 2.75) is 39.3 Å². The third kappa shape index (κ3) is 1.19. The van der Waals surface area contributed by atoms with Crippen LogP contribution in [0, 0.1) is 5.21 Å². The normalized spacial score (nSPS) is 28.2. The summed E-state index contributed by atoms with van der Waals surface area (Å²) in [5.74, 6) is -0.623. The van der Waals surface area contributed by atoms with Gasteiger partial charge in [0.05, 0.1) is 0 Å². The van der Waals surface area contributed by atoms with Gasteiger partial charge in [-0.3, -0.25) is 10.0 Å². The monoisotopic (exact) mass is 186 g/mol. The highest BCUT2D eigenvalue weighted by Crippen LogP contribution is 2.22. The molecule has 1 atom stereocenters. The smallest absolute Gasteiger partial charge is 0.338 e. The van der Waals surface area contributed by atoms with Crippen LogP contribution in [-0.2, 0) is 4.79 Å². The van der Waals surface area contributed by atoms with E-state index in [0.717, 1.165) is 0 Å². The van der Waals surface area contributed by atoms with Gasteiger partial charge in [0.1, 0.15) is 6.04 Å². The fourth-order valence-corrected chi connectivity index (χ4v) is 1.33. The maximum absolute atomic E-state index is 11.5. The number of hydroxylamine groups is 3. The number of carbonyl (C=O) groups is 1. The minimum absolute atomic E-state index is 0.0191. The molecule has 0 fully saturated rings. The first-order chi connectivity index (χ1) is 5.80. The topological polar surface area (TPSA) is 66.6 Å². The number of carbonyl (C=O) groups excluding carboxylic acids is 1. The highest BCUT2D eigenvalue weighted by Gasteiger charge is 2.47. The van der Waals surface area contributed by atoms with Crippen LogP contribution in [-0.4, -0.2) is 38.2 Å². The van der Waals surface area contributed by atoms with Crippen molar-refractivity contribution < 1.29 is 14.7 Å². The van der Waals surface area contributed by atoms with E-state index in [1.807, 2.05) is 0 Å². The fourth-order valence-electron chi connectivity index (χ4n) is 1.33. The van der Waals surface area contributed by atoms with Crippen LogP contribution in [0.5, 0.6) is 0 Å². The second-order valence-electron chi connectivity index (χ2n) is 3.86. The standard InChI is InChI=1S/C8H14N2O3/c1-5-7(11)9(12)6(2)8(3,4)10(5)13/h6,12H,1-4H3/t6-/m0/s1. The van der Waals surface area contributed by atoms with E-state index in [2.05, 4.69) is 0 Å². The summed E-state index contributed by atoms with van der Waals surface area (Å²) in [7, 11) is 0. The van der Waals surface area contributed by atoms with Crippen molar-refractivity contribution in [1.29, 1.82) is 0 Å². The van der Waals surface area contributed by atoms with Gasteiger partial charge in [0.25, 0.3) is 5.71 Å². The first-order valence-corrected chi connectivity index (χ1v) is 4.13. The molecule has 0 saturated carbocycles. The maximum Gasteiger partial charge on any atom is 0.338 e. The quantitative estimate of drug-likeness (QED) is 0.337. The second-order valence-corrected chi connectivity index (χ2v) is 3.86. The summed E-state index contributed by atoms with van der Waals surface area (Å²) >= 11 is 0. The molecule has 5 heteroatoms. The molecule has 1 heterocycles. The van der Waals surface area contributed by atoms with Gasteiger partial charge in [-0.05, 0) is 6.92 Å². The van der Waals surface area contributed by atoms with Crippen LogP contribution in [0.4, 0.5) is 0 Å². The van der Waals surface area contributed by atoms with Gasteiger partial charge in [0, 0.05) is 20.8 Å². The van der Waals surface area contributed by atoms with E-state index in [0.29, 0.717) is 9.80 Å². The van der Waals surface area contributed by atoms with Gasteiger partial charge in [-0.25, -0.2) is 5.06 Å². The molecule has 0 aliphatic carbocycles. The highest BCUT2D eigenvalue weighted by molar-refractivity contribution is 6.35. The van der Waals surface area contributed by atoms with Crippen molar-refractivity contribution in [3.8, 4) is 0 Å². The molecule has 0 unspecified atom stereocenters. The molecule has 0 saturated heterocycles. The Labute approximate surface area is 76.8 Å². The van der Waals surface area contributed by atoms with E-state index in [9.17, 15) is 15.2 Å². The Morgan fingerprint density at radius 1 is 1.62 bits per heavy atom. The van der Waals surface area contributed by atoms with Gasteiger partial charge < -0.3 is 5.21 Å². The van der Waals surface area contributed by atoms with Crippen molar-refractivity contribution in [2.24, 2.45) is 0 Å². The Balaban J connectivity index is 3.25. The third-order valence-corrected chi connectivity index (χ3v) is 2.73. The molecule has 1 amide bonds. The number of hydrogen-bond acceptors (Lipinski definition) is 3. The number of rotatable bonds is 0. The lowest BCUT2D eigenvalue weighted by molar-refractivity contribution is -0.557. The van der Waals surface area contributed by atoms with E-state index in [-0.39, 0.29) is 5.71 Å². The molecular formula is C8H14N2O3. The van der Waals surface area contributed by atoms with E-state index in [4.69, 9.17) is 0 Å². The summed E-state index contributed by atoms with van der Waals surface area (Å²) in [4.78, 5) is 11.2. The molecule has 0 spiro atoms. The average molecular weight is 186 g/mol. The molecule has 0 bridgehead atoms. The van der Waals surface area contributed by atoms with Gasteiger partial charge in [-0.15, -0.1) is 0 Å². The van der Waals surface area contributed by atoms with Gasteiger partial charge in [-0.1, -0.05) is 0 Å². The molecule has 0 aromatic rings. The molecule has 0 aromatic carbocycles. The first-order valence-electron chi connectivity index (χ1n) is 4.13. The number of hydrogen-bond donors (Lipinski definition) is 1. The summed E-state index contributed by atoms with van der Waals surface area (Å²) in [6, 6.07) is -0.513. The Morgan fingerprint density at radius 2 is 2.08 bits per heavy atom. The average Bonchev–Trinajstić information content (AvgIpc) is 2.09. The largest absolute Gasteiger partial charge is 0.623 e. The zero-order valence-corrected chi connectivity index (χ0v) is 8.24. The maximum atomic E-state index is 11.5. The van der Waals surface area contributed by atoms with Crippen molar-refractivity contribution in [3.63, 3.8) is 0 Å². The van der Waals surface area contributed by atoms with Crippen LogP contribution in [0.1, 0.15) is 27.7 Å². The van der Waals surface area contributed by atoms with E-state index in [1.54, 1.807) is 20.8 Å². The highest BCUT2D eigenvalue weighted by atomic mass is 16.5. The molecule has 74 valence electrons. The third-order valence-electron chi connectivity index (χ3n) is 2.73. The Bertz CT molecular complexity index is 283. The molecule has 1 aliphatic heterocycles. The molecule has 1 N–H and O–H groups in total. The summed E-state index contributed by atoms with van der Waals surface area (Å²) < 4.78 is 0.659. The van der Waals surface area contributed by atoms with Gasteiger partial charge >= 0.3 is 5.91 Å². The minimum Gasteiger partial charge on any atom is -0.623 e. The zero-order valence-electron chi connectivity index (χ0n) is 8.24. The summed E-state index contributed by atoms with van der Waals surface area (Å²) in [6.07, 6.45) is 0. The lowest BCUT2D eigenvalue weighted by Gasteiger charge is -2.38. The molecule has 0 aromatic heterocycles. The second kappa shape index (κ2) is 2.70. The van der Waals surface area contributed by atoms with Crippen LogP contribution < -0.4 is 0 Å². The van der Waals surface area contributed by atoms with Crippen LogP contribution >= 0.6 is 0 Å². The first kappa shape index (κ1) is 9.98. The van der Waals surface area contributed by atoms with E-state index in [1.165, 1.54) is 6.92 Å². The summed E-state index contributed by atoms with van der Waals surface area (Å²) in [5.41, 5.74) is -0.766. The van der Waals surface area contributed by atoms with Crippen LogP contribution in [0.25, 0.3) is 0 Å². The van der Waals surface area contributed by atoms with Gasteiger partial charge in [-0.2, -0.15) is 4.74 Å². The molecule has 13 heavy (non-hydrogen) atoms.